The van der Waals surface area contributed by atoms with Crippen LogP contribution in [0.2, 0.25) is 0 Å². The van der Waals surface area contributed by atoms with E-state index in [1.807, 2.05) is 24.3 Å². The zero-order valence-corrected chi connectivity index (χ0v) is 17.9. The molecular formula is C22H21N5O4S. The maximum absolute atomic E-state index is 13.2. The van der Waals surface area contributed by atoms with Crippen molar-refractivity contribution < 1.29 is 8.42 Å². The molecule has 0 aliphatic carbocycles. The Labute approximate surface area is 183 Å². The lowest BCUT2D eigenvalue weighted by Gasteiger charge is -2.34. The van der Waals surface area contributed by atoms with E-state index < -0.39 is 21.1 Å². The standard InChI is InChI=1S/C22H21N5O4S/c28-21-22(29)25-19-13-17(6-7-18(19)24-21)32(30,31)27-11-9-26(10-12-27)14-16-4-1-3-15-5-2-8-23-20(15)16/h1-8,13H,9-12,14H2,(H,24,28)(H,25,29). The summed E-state index contributed by atoms with van der Waals surface area (Å²) in [6, 6.07) is 14.4. The van der Waals surface area contributed by atoms with Crippen molar-refractivity contribution in [1.82, 2.24) is 24.2 Å². The highest BCUT2D eigenvalue weighted by atomic mass is 32.2. The maximum atomic E-state index is 13.2. The van der Waals surface area contributed by atoms with Gasteiger partial charge in [-0.15, -0.1) is 0 Å². The Kier molecular flexibility index (Phi) is 5.12. The third kappa shape index (κ3) is 3.72. The third-order valence-electron chi connectivity index (χ3n) is 5.77. The number of H-pyrrole nitrogens is 2. The van der Waals surface area contributed by atoms with Crippen molar-refractivity contribution in [2.75, 3.05) is 26.2 Å². The van der Waals surface area contributed by atoms with Gasteiger partial charge in [0.1, 0.15) is 0 Å². The normalized spacial score (nSPS) is 16.0. The largest absolute Gasteiger partial charge is 0.316 e. The zero-order chi connectivity index (χ0) is 22.3. The van der Waals surface area contributed by atoms with E-state index >= 15 is 0 Å². The van der Waals surface area contributed by atoms with Gasteiger partial charge in [-0.25, -0.2) is 8.42 Å². The van der Waals surface area contributed by atoms with Crippen LogP contribution < -0.4 is 11.1 Å². The van der Waals surface area contributed by atoms with Crippen LogP contribution in [0.3, 0.4) is 0 Å². The van der Waals surface area contributed by atoms with Crippen LogP contribution in [-0.4, -0.2) is 58.8 Å². The van der Waals surface area contributed by atoms with Gasteiger partial charge in [-0.1, -0.05) is 24.3 Å². The molecule has 1 aliphatic heterocycles. The molecule has 32 heavy (non-hydrogen) atoms. The molecule has 0 bridgehead atoms. The first-order valence-electron chi connectivity index (χ1n) is 10.2. The molecule has 1 aliphatic rings. The van der Waals surface area contributed by atoms with E-state index in [0.717, 1.165) is 16.5 Å². The van der Waals surface area contributed by atoms with Crippen molar-refractivity contribution in [2.24, 2.45) is 0 Å². The average Bonchev–Trinajstić information content (AvgIpc) is 2.80. The molecule has 2 N–H and O–H groups in total. The molecule has 0 saturated carbocycles. The highest BCUT2D eigenvalue weighted by molar-refractivity contribution is 7.89. The Hall–Kier alpha value is -3.34. The number of rotatable bonds is 4. The number of para-hydroxylation sites is 1. The summed E-state index contributed by atoms with van der Waals surface area (Å²) >= 11 is 0. The molecule has 0 spiro atoms. The molecule has 164 valence electrons. The maximum Gasteiger partial charge on any atom is 0.314 e. The highest BCUT2D eigenvalue weighted by Crippen LogP contribution is 2.22. The van der Waals surface area contributed by atoms with Crippen molar-refractivity contribution in [3.63, 3.8) is 0 Å². The highest BCUT2D eigenvalue weighted by Gasteiger charge is 2.29. The van der Waals surface area contributed by atoms with Crippen molar-refractivity contribution in [2.45, 2.75) is 11.4 Å². The number of nitrogens with one attached hydrogen (secondary N) is 2. The number of benzene rings is 2. The first kappa shape index (κ1) is 20.6. The second kappa shape index (κ2) is 7.97. The summed E-state index contributed by atoms with van der Waals surface area (Å²) in [6.45, 7) is 2.62. The summed E-state index contributed by atoms with van der Waals surface area (Å²) in [5.41, 5.74) is 1.15. The molecule has 3 heterocycles. The molecule has 10 heteroatoms. The quantitative estimate of drug-likeness (QED) is 0.451. The number of hydrogen-bond acceptors (Lipinski definition) is 6. The van der Waals surface area contributed by atoms with E-state index in [2.05, 4.69) is 25.9 Å². The monoisotopic (exact) mass is 451 g/mol. The van der Waals surface area contributed by atoms with E-state index in [1.54, 1.807) is 6.20 Å². The number of piperazine rings is 1. The molecule has 0 atom stereocenters. The second-order valence-corrected chi connectivity index (χ2v) is 9.73. The van der Waals surface area contributed by atoms with Crippen LogP contribution >= 0.6 is 0 Å². The number of fused-ring (bicyclic) bond motifs is 2. The average molecular weight is 452 g/mol. The van der Waals surface area contributed by atoms with Gasteiger partial charge >= 0.3 is 11.1 Å². The van der Waals surface area contributed by atoms with Crippen LogP contribution in [0.4, 0.5) is 0 Å². The van der Waals surface area contributed by atoms with Crippen molar-refractivity contribution in [1.29, 1.82) is 0 Å². The van der Waals surface area contributed by atoms with Gasteiger partial charge < -0.3 is 9.97 Å². The Morgan fingerprint density at radius 3 is 2.38 bits per heavy atom. The molecule has 0 amide bonds. The number of hydrogen-bond donors (Lipinski definition) is 2. The minimum Gasteiger partial charge on any atom is -0.316 e. The molecule has 5 rings (SSSR count). The molecule has 9 nitrogen and oxygen atoms in total. The smallest absolute Gasteiger partial charge is 0.314 e. The van der Waals surface area contributed by atoms with Gasteiger partial charge in [0.25, 0.3) is 0 Å². The summed E-state index contributed by atoms with van der Waals surface area (Å²) in [5, 5.41) is 1.09. The number of aromatic nitrogens is 3. The fourth-order valence-corrected chi connectivity index (χ4v) is 5.52. The number of nitrogens with zero attached hydrogens (tertiary/aromatic N) is 3. The Balaban J connectivity index is 1.33. The predicted molar refractivity (Wildman–Crippen MR) is 121 cm³/mol. The van der Waals surface area contributed by atoms with Crippen LogP contribution in [0.1, 0.15) is 5.56 Å². The fraction of sp³-hybridized carbons (Fsp3) is 0.227. The molecule has 2 aromatic heterocycles. The number of aromatic amines is 2. The van der Waals surface area contributed by atoms with E-state index in [9.17, 15) is 18.0 Å². The summed E-state index contributed by atoms with van der Waals surface area (Å²) < 4.78 is 27.8. The van der Waals surface area contributed by atoms with Gasteiger partial charge in [0.05, 0.1) is 21.4 Å². The minimum atomic E-state index is -3.73. The third-order valence-corrected chi connectivity index (χ3v) is 7.67. The first-order chi connectivity index (χ1) is 15.4. The van der Waals surface area contributed by atoms with Crippen molar-refractivity contribution >= 4 is 32.0 Å². The van der Waals surface area contributed by atoms with E-state index in [-0.39, 0.29) is 10.4 Å². The second-order valence-electron chi connectivity index (χ2n) is 7.79. The summed E-state index contributed by atoms with van der Waals surface area (Å²) in [6.07, 6.45) is 1.78. The summed E-state index contributed by atoms with van der Waals surface area (Å²) in [5.74, 6) is 0. The molecule has 2 aromatic carbocycles. The van der Waals surface area contributed by atoms with E-state index in [1.165, 1.54) is 22.5 Å². The lowest BCUT2D eigenvalue weighted by atomic mass is 10.1. The number of pyridine rings is 1. The fourth-order valence-electron chi connectivity index (χ4n) is 4.07. The van der Waals surface area contributed by atoms with Gasteiger partial charge in [-0.05, 0) is 29.8 Å². The van der Waals surface area contributed by atoms with Gasteiger partial charge in [0.15, 0.2) is 0 Å². The molecule has 1 saturated heterocycles. The molecule has 1 fully saturated rings. The van der Waals surface area contributed by atoms with Crippen LogP contribution in [0, 0.1) is 0 Å². The van der Waals surface area contributed by atoms with Gasteiger partial charge in [-0.2, -0.15) is 4.31 Å². The van der Waals surface area contributed by atoms with Crippen LogP contribution in [0.5, 0.6) is 0 Å². The summed E-state index contributed by atoms with van der Waals surface area (Å²) in [7, 11) is -3.73. The van der Waals surface area contributed by atoms with Crippen LogP contribution in [0.15, 0.2) is 69.2 Å². The first-order valence-corrected chi connectivity index (χ1v) is 11.7. The molecule has 0 unspecified atom stereocenters. The van der Waals surface area contributed by atoms with Crippen LogP contribution in [-0.2, 0) is 16.6 Å². The topological polar surface area (TPSA) is 119 Å². The SMILES string of the molecule is O=c1[nH]c2ccc(S(=O)(=O)N3CCN(Cc4cccc5cccnc45)CC3)cc2[nH]c1=O. The van der Waals surface area contributed by atoms with Gasteiger partial charge in [0, 0.05) is 44.3 Å². The molecule has 0 radical (unpaired) electrons. The number of sulfonamides is 1. The van der Waals surface area contributed by atoms with Gasteiger partial charge in [0.2, 0.25) is 10.0 Å². The Morgan fingerprint density at radius 2 is 1.59 bits per heavy atom. The minimum absolute atomic E-state index is 0.0828. The Bertz CT molecular complexity index is 1530. The molecular weight excluding hydrogens is 430 g/mol. The lowest BCUT2D eigenvalue weighted by Crippen LogP contribution is -2.48. The Morgan fingerprint density at radius 1 is 0.875 bits per heavy atom. The van der Waals surface area contributed by atoms with Crippen molar-refractivity contribution in [3.8, 4) is 0 Å². The predicted octanol–water partition coefficient (Wildman–Crippen LogP) is 1.27. The van der Waals surface area contributed by atoms with E-state index in [4.69, 9.17) is 0 Å². The van der Waals surface area contributed by atoms with Crippen LogP contribution in [0.25, 0.3) is 21.9 Å². The zero-order valence-electron chi connectivity index (χ0n) is 17.1. The van der Waals surface area contributed by atoms with E-state index in [0.29, 0.717) is 38.2 Å². The lowest BCUT2D eigenvalue weighted by molar-refractivity contribution is 0.182. The van der Waals surface area contributed by atoms with Crippen molar-refractivity contribution in [3.05, 3.63) is 81.0 Å². The van der Waals surface area contributed by atoms with Gasteiger partial charge in [-0.3, -0.25) is 19.5 Å². The summed E-state index contributed by atoms with van der Waals surface area (Å²) in [4.78, 5) is 34.7. The molecule has 4 aromatic rings.